The summed E-state index contributed by atoms with van der Waals surface area (Å²) in [6.07, 6.45) is -10.2. The third kappa shape index (κ3) is 10.6. The van der Waals surface area contributed by atoms with Crippen LogP contribution in [0, 0.1) is 5.41 Å². The van der Waals surface area contributed by atoms with Crippen LogP contribution in [0.4, 0.5) is 43.4 Å². The number of alkyl halides is 6. The summed E-state index contributed by atoms with van der Waals surface area (Å²) in [5, 5.41) is 29.3. The highest BCUT2D eigenvalue weighted by atomic mass is 19.4. The van der Waals surface area contributed by atoms with Crippen LogP contribution in [0.15, 0.2) is 114 Å². The van der Waals surface area contributed by atoms with E-state index in [0.717, 1.165) is 27.6 Å². The number of fused-ring (bicyclic) bond motifs is 2. The van der Waals surface area contributed by atoms with Gasteiger partial charge in [-0.15, -0.1) is 0 Å². The summed E-state index contributed by atoms with van der Waals surface area (Å²) in [6.45, 7) is 0.269. The molecule has 1 aliphatic carbocycles. The third-order valence-corrected chi connectivity index (χ3v) is 7.55. The maximum atomic E-state index is 13.5. The molecule has 0 aromatic heterocycles. The van der Waals surface area contributed by atoms with Crippen molar-refractivity contribution in [1.82, 2.24) is 5.32 Å². The largest absolute Gasteiger partial charge is 0.490 e. The van der Waals surface area contributed by atoms with Crippen molar-refractivity contribution in [3.05, 3.63) is 131 Å². The molecule has 0 unspecified atom stereocenters. The van der Waals surface area contributed by atoms with Crippen molar-refractivity contribution in [3.63, 3.8) is 0 Å². The Hall–Kier alpha value is -7.37. The summed E-state index contributed by atoms with van der Waals surface area (Å²) in [7, 11) is 0. The number of anilines is 3. The van der Waals surface area contributed by atoms with Gasteiger partial charge in [-0.05, 0) is 65.7 Å². The van der Waals surface area contributed by atoms with Crippen LogP contribution in [0.3, 0.4) is 0 Å². The lowest BCUT2D eigenvalue weighted by Gasteiger charge is -2.18. The second-order valence-corrected chi connectivity index (χ2v) is 11.5. The molecule has 290 valence electrons. The molecule has 56 heavy (non-hydrogen) atoms. The van der Waals surface area contributed by atoms with Crippen molar-refractivity contribution < 1.29 is 60.2 Å². The number of amides is 2. The molecule has 0 fully saturated rings. The number of rotatable bonds is 6. The summed E-state index contributed by atoms with van der Waals surface area (Å²) in [4.78, 5) is 44.0. The van der Waals surface area contributed by atoms with Crippen molar-refractivity contribution in [2.45, 2.75) is 18.9 Å². The molecule has 0 saturated carbocycles. The van der Waals surface area contributed by atoms with Crippen LogP contribution in [0.2, 0.25) is 0 Å². The molecule has 9 N–H and O–H groups in total. The van der Waals surface area contributed by atoms with Gasteiger partial charge in [0.05, 0.1) is 16.7 Å². The van der Waals surface area contributed by atoms with Crippen LogP contribution in [0.5, 0.6) is 0 Å². The smallest absolute Gasteiger partial charge is 0.475 e. The summed E-state index contributed by atoms with van der Waals surface area (Å²) < 4.78 is 69.6. The van der Waals surface area contributed by atoms with E-state index in [9.17, 15) is 35.9 Å². The summed E-state index contributed by atoms with van der Waals surface area (Å²) in [5.41, 5.74) is 18.3. The molecule has 0 saturated heterocycles. The zero-order valence-electron chi connectivity index (χ0n) is 28.5. The van der Waals surface area contributed by atoms with Gasteiger partial charge in [-0.2, -0.15) is 26.3 Å². The van der Waals surface area contributed by atoms with Crippen molar-refractivity contribution in [3.8, 4) is 22.5 Å². The number of nitrogens with two attached hydrogens (primary N) is 2. The van der Waals surface area contributed by atoms with Gasteiger partial charge in [0.2, 0.25) is 0 Å². The Labute approximate surface area is 311 Å². The zero-order chi connectivity index (χ0) is 41.4. The number of benzene rings is 5. The molecule has 0 bridgehead atoms. The average molecular weight is 782 g/mol. The lowest BCUT2D eigenvalue weighted by molar-refractivity contribution is -0.193. The standard InChI is InChI=1S/C34H27N5O3.2C2HF3O2/c35-22-13-15-26-30(17-22)42-31-18-23(36)14-16-27(31)32(26)24-5-1-2-6-25(24)34(41)38-19-20-9-11-21(12-10-20)33(40)39-29-8-4-3-7-28(29)37;2*3-2(4,5)1(6)7/h1-18,35H,19,36-37H2,(H,38,41)(H,39,40);2*(H,6,7). The highest BCUT2D eigenvalue weighted by molar-refractivity contribution is 6.09. The minimum absolute atomic E-state index is 0.248. The normalized spacial score (nSPS) is 11.0. The molecular weight excluding hydrogens is 752 g/mol. The number of hydrogen-bond donors (Lipinski definition) is 7. The first kappa shape index (κ1) is 41.4. The Morgan fingerprint density at radius 3 is 1.89 bits per heavy atom. The number of nitrogen functional groups attached to an aromatic ring is 2. The number of carboxylic acid groups (broad SMARTS) is 2. The number of halogens is 6. The third-order valence-electron chi connectivity index (χ3n) is 7.55. The minimum Gasteiger partial charge on any atom is -0.475 e. The van der Waals surface area contributed by atoms with Crippen molar-refractivity contribution in [2.75, 3.05) is 16.8 Å². The highest BCUT2D eigenvalue weighted by Gasteiger charge is 2.39. The van der Waals surface area contributed by atoms with Gasteiger partial charge < -0.3 is 42.1 Å². The van der Waals surface area contributed by atoms with Gasteiger partial charge in [-0.25, -0.2) is 9.59 Å². The van der Waals surface area contributed by atoms with Crippen molar-refractivity contribution in [2.24, 2.45) is 0 Å². The molecule has 0 spiro atoms. The summed E-state index contributed by atoms with van der Waals surface area (Å²) in [6, 6.07) is 32.1. The number of carbonyl (C=O) groups excluding carboxylic acids is 2. The van der Waals surface area contributed by atoms with E-state index >= 15 is 0 Å². The quantitative estimate of drug-likeness (QED) is 0.0511. The van der Waals surface area contributed by atoms with E-state index in [4.69, 9.17) is 41.1 Å². The molecule has 1 aliphatic heterocycles. The van der Waals surface area contributed by atoms with E-state index in [2.05, 4.69) is 10.6 Å². The SMILES string of the molecule is N=c1ccc2c(-c3ccccc3C(=O)NCc3ccc(C(=O)Nc4ccccc4N)cc3)c3ccc(N)cc3oc-2c1.O=C(O)C(F)(F)F.O=C(O)C(F)(F)F. The maximum Gasteiger partial charge on any atom is 0.490 e. The van der Waals surface area contributed by atoms with Gasteiger partial charge in [0.15, 0.2) is 0 Å². The van der Waals surface area contributed by atoms with E-state index in [1.165, 1.54) is 0 Å². The first-order chi connectivity index (χ1) is 26.3. The summed E-state index contributed by atoms with van der Waals surface area (Å²) in [5.74, 6) is -5.50. The first-order valence-corrected chi connectivity index (χ1v) is 15.8. The molecule has 0 atom stereocenters. The molecule has 4 aromatic carbocycles. The molecule has 18 heteroatoms. The number of para-hydroxylation sites is 2. The predicted molar refractivity (Wildman–Crippen MR) is 192 cm³/mol. The van der Waals surface area contributed by atoms with Gasteiger partial charge in [0.25, 0.3) is 11.8 Å². The first-order valence-electron chi connectivity index (χ1n) is 15.8. The summed E-state index contributed by atoms with van der Waals surface area (Å²) >= 11 is 0. The highest BCUT2D eigenvalue weighted by Crippen LogP contribution is 2.41. The Morgan fingerprint density at radius 2 is 1.29 bits per heavy atom. The minimum atomic E-state index is -5.08. The van der Waals surface area contributed by atoms with Gasteiger partial charge in [-0.1, -0.05) is 42.5 Å². The van der Waals surface area contributed by atoms with Crippen LogP contribution in [-0.4, -0.2) is 46.3 Å². The van der Waals surface area contributed by atoms with Crippen molar-refractivity contribution in [1.29, 1.82) is 5.41 Å². The van der Waals surface area contributed by atoms with Gasteiger partial charge in [0.1, 0.15) is 11.3 Å². The van der Waals surface area contributed by atoms with Crippen LogP contribution in [0.25, 0.3) is 33.4 Å². The van der Waals surface area contributed by atoms with E-state index < -0.39 is 24.3 Å². The Morgan fingerprint density at radius 1 is 0.696 bits per heavy atom. The van der Waals surface area contributed by atoms with Crippen LogP contribution in [0.1, 0.15) is 26.3 Å². The second kappa shape index (κ2) is 17.2. The van der Waals surface area contributed by atoms with E-state index in [-0.39, 0.29) is 18.4 Å². The molecule has 1 heterocycles. The van der Waals surface area contributed by atoms with E-state index in [1.54, 1.807) is 78.9 Å². The van der Waals surface area contributed by atoms with Crippen LogP contribution >= 0.6 is 0 Å². The topological polar surface area (TPSA) is 222 Å². The number of carbonyl (C=O) groups is 4. The molecule has 2 aliphatic rings. The van der Waals surface area contributed by atoms with E-state index in [1.807, 2.05) is 30.3 Å². The Kier molecular flexibility index (Phi) is 12.7. The fourth-order valence-corrected chi connectivity index (χ4v) is 4.95. The Balaban J connectivity index is 0.000000425. The lowest BCUT2D eigenvalue weighted by Crippen LogP contribution is -2.23. The second-order valence-electron chi connectivity index (χ2n) is 11.5. The zero-order valence-corrected chi connectivity index (χ0v) is 28.5. The number of carboxylic acids is 2. The van der Waals surface area contributed by atoms with Gasteiger partial charge >= 0.3 is 24.3 Å². The van der Waals surface area contributed by atoms with Crippen LogP contribution in [-0.2, 0) is 16.1 Å². The average Bonchev–Trinajstić information content (AvgIpc) is 3.13. The van der Waals surface area contributed by atoms with Crippen molar-refractivity contribution >= 4 is 51.8 Å². The number of nitrogens with one attached hydrogen (secondary N) is 3. The fraction of sp³-hybridized carbons (Fsp3) is 0.0789. The maximum absolute atomic E-state index is 13.5. The molecule has 2 amide bonds. The van der Waals surface area contributed by atoms with E-state index in [0.29, 0.717) is 44.9 Å². The monoisotopic (exact) mass is 781 g/mol. The van der Waals surface area contributed by atoms with Crippen LogP contribution < -0.4 is 27.5 Å². The lowest BCUT2D eigenvalue weighted by atomic mass is 9.90. The van der Waals surface area contributed by atoms with Gasteiger partial charge in [-0.3, -0.25) is 9.59 Å². The molecule has 12 nitrogen and oxygen atoms in total. The van der Waals surface area contributed by atoms with Gasteiger partial charge in [0, 0.05) is 52.0 Å². The number of hydrogen-bond acceptors (Lipinski definition) is 8. The molecule has 4 aromatic rings. The fourth-order valence-electron chi connectivity index (χ4n) is 4.95. The molecule has 6 rings (SSSR count). The molecule has 0 radical (unpaired) electrons. The predicted octanol–water partition coefficient (Wildman–Crippen LogP) is 7.30. The Bertz CT molecular complexity index is 2410. The number of aliphatic carboxylic acids is 2. The molecular formula is C38H29F6N5O7.